The van der Waals surface area contributed by atoms with Crippen molar-refractivity contribution in [1.29, 1.82) is 0 Å². The van der Waals surface area contributed by atoms with Gasteiger partial charge in [-0.3, -0.25) is 0 Å². The minimum Gasteiger partial charge on any atom is -0.491 e. The lowest BCUT2D eigenvalue weighted by atomic mass is 10.1. The van der Waals surface area contributed by atoms with Crippen molar-refractivity contribution < 1.29 is 18.9 Å². The summed E-state index contributed by atoms with van der Waals surface area (Å²) in [5.74, 6) is 1.75. The molecule has 0 N–H and O–H groups in total. The minimum atomic E-state index is 0.104. The van der Waals surface area contributed by atoms with Crippen LogP contribution in [0.1, 0.15) is 6.92 Å². The molecule has 0 saturated carbocycles. The molecule has 2 aliphatic rings. The Kier molecular flexibility index (Phi) is 3.93. The van der Waals surface area contributed by atoms with Gasteiger partial charge in [0.2, 0.25) is 0 Å². The van der Waals surface area contributed by atoms with Crippen molar-refractivity contribution >= 4 is 0 Å². The molecule has 23 heavy (non-hydrogen) atoms. The SMILES string of the molecule is CC(Oc1ccc(-c2ccc(OCC3CO3)cc2)cc1)C1CO1. The molecule has 2 aromatic carbocycles. The van der Waals surface area contributed by atoms with E-state index in [-0.39, 0.29) is 18.3 Å². The summed E-state index contributed by atoms with van der Waals surface area (Å²) in [6.45, 7) is 4.30. The molecule has 2 aromatic rings. The molecule has 2 fully saturated rings. The maximum Gasteiger partial charge on any atom is 0.124 e. The van der Waals surface area contributed by atoms with E-state index in [2.05, 4.69) is 24.3 Å². The number of ether oxygens (including phenoxy) is 4. The van der Waals surface area contributed by atoms with Crippen LogP contribution in [-0.2, 0) is 9.47 Å². The van der Waals surface area contributed by atoms with Gasteiger partial charge < -0.3 is 18.9 Å². The van der Waals surface area contributed by atoms with Crippen LogP contribution < -0.4 is 9.47 Å². The average molecular weight is 312 g/mol. The molecule has 4 nitrogen and oxygen atoms in total. The van der Waals surface area contributed by atoms with Crippen LogP contribution in [0.3, 0.4) is 0 Å². The highest BCUT2D eigenvalue weighted by Crippen LogP contribution is 2.26. The lowest BCUT2D eigenvalue weighted by Crippen LogP contribution is -2.18. The summed E-state index contributed by atoms with van der Waals surface area (Å²) in [7, 11) is 0. The summed E-state index contributed by atoms with van der Waals surface area (Å²) < 4.78 is 21.9. The van der Waals surface area contributed by atoms with Gasteiger partial charge in [-0.25, -0.2) is 0 Å². The molecule has 3 atom stereocenters. The molecule has 3 unspecified atom stereocenters. The van der Waals surface area contributed by atoms with E-state index >= 15 is 0 Å². The second-order valence-electron chi connectivity index (χ2n) is 6.01. The largest absolute Gasteiger partial charge is 0.491 e. The third-order valence-corrected chi connectivity index (χ3v) is 4.08. The second-order valence-corrected chi connectivity index (χ2v) is 6.01. The molecule has 120 valence electrons. The van der Waals surface area contributed by atoms with Crippen molar-refractivity contribution in [2.24, 2.45) is 0 Å². The minimum absolute atomic E-state index is 0.104. The number of hydrogen-bond donors (Lipinski definition) is 0. The maximum absolute atomic E-state index is 5.85. The normalized spacial score (nSPS) is 23.2. The summed E-state index contributed by atoms with van der Waals surface area (Å²) in [5.41, 5.74) is 2.31. The Morgan fingerprint density at radius 2 is 1.48 bits per heavy atom. The van der Waals surface area contributed by atoms with Gasteiger partial charge >= 0.3 is 0 Å². The van der Waals surface area contributed by atoms with Crippen LogP contribution in [0.4, 0.5) is 0 Å². The van der Waals surface area contributed by atoms with Crippen LogP contribution >= 0.6 is 0 Å². The van der Waals surface area contributed by atoms with E-state index in [1.165, 1.54) is 0 Å². The highest BCUT2D eigenvalue weighted by Gasteiger charge is 2.31. The van der Waals surface area contributed by atoms with Crippen LogP contribution in [0.5, 0.6) is 11.5 Å². The predicted molar refractivity (Wildman–Crippen MR) is 86.9 cm³/mol. The van der Waals surface area contributed by atoms with Gasteiger partial charge in [-0.1, -0.05) is 24.3 Å². The van der Waals surface area contributed by atoms with Crippen LogP contribution in [-0.4, -0.2) is 38.1 Å². The van der Waals surface area contributed by atoms with Gasteiger partial charge in [0, 0.05) is 0 Å². The fraction of sp³-hybridized carbons (Fsp3) is 0.368. The monoisotopic (exact) mass is 312 g/mol. The average Bonchev–Trinajstić information content (AvgIpc) is 3.48. The van der Waals surface area contributed by atoms with Crippen molar-refractivity contribution in [2.45, 2.75) is 25.2 Å². The van der Waals surface area contributed by atoms with E-state index in [9.17, 15) is 0 Å². The van der Waals surface area contributed by atoms with Gasteiger partial charge in [0.15, 0.2) is 0 Å². The topological polar surface area (TPSA) is 43.5 Å². The van der Waals surface area contributed by atoms with Crippen molar-refractivity contribution in [3.8, 4) is 22.6 Å². The number of hydrogen-bond acceptors (Lipinski definition) is 4. The Hall–Kier alpha value is -2.04. The van der Waals surface area contributed by atoms with Gasteiger partial charge in [0.1, 0.15) is 36.4 Å². The van der Waals surface area contributed by atoms with E-state index < -0.39 is 0 Å². The first-order valence-corrected chi connectivity index (χ1v) is 8.01. The molecule has 2 saturated heterocycles. The van der Waals surface area contributed by atoms with Crippen molar-refractivity contribution in [3.63, 3.8) is 0 Å². The highest BCUT2D eigenvalue weighted by atomic mass is 16.6. The van der Waals surface area contributed by atoms with Gasteiger partial charge in [0.05, 0.1) is 13.2 Å². The molecule has 0 radical (unpaired) electrons. The van der Waals surface area contributed by atoms with Gasteiger partial charge in [-0.2, -0.15) is 0 Å². The molecule has 0 bridgehead atoms. The van der Waals surface area contributed by atoms with E-state index in [1.807, 2.05) is 31.2 Å². The molecule has 0 aliphatic carbocycles. The van der Waals surface area contributed by atoms with Crippen LogP contribution in [0.25, 0.3) is 11.1 Å². The Balaban J connectivity index is 1.38. The van der Waals surface area contributed by atoms with Crippen LogP contribution in [0.2, 0.25) is 0 Å². The Bertz CT molecular complexity index is 642. The standard InChI is InChI=1S/C19H20O4/c1-13(19-12-22-19)23-17-8-4-15(5-9-17)14-2-6-16(7-3-14)20-10-18-11-21-18/h2-9,13,18-19H,10-12H2,1H3. The van der Waals surface area contributed by atoms with Crippen LogP contribution in [0, 0.1) is 0 Å². The van der Waals surface area contributed by atoms with Gasteiger partial charge in [0.25, 0.3) is 0 Å². The predicted octanol–water partition coefficient (Wildman–Crippen LogP) is 3.30. The summed E-state index contributed by atoms with van der Waals surface area (Å²) in [5, 5.41) is 0. The third-order valence-electron chi connectivity index (χ3n) is 4.08. The van der Waals surface area contributed by atoms with Gasteiger partial charge in [-0.05, 0) is 42.3 Å². The zero-order valence-electron chi connectivity index (χ0n) is 13.1. The second kappa shape index (κ2) is 6.22. The van der Waals surface area contributed by atoms with Gasteiger partial charge in [-0.15, -0.1) is 0 Å². The maximum atomic E-state index is 5.85. The first-order chi connectivity index (χ1) is 11.3. The molecular formula is C19H20O4. The van der Waals surface area contributed by atoms with Crippen molar-refractivity contribution in [2.75, 3.05) is 19.8 Å². The van der Waals surface area contributed by atoms with E-state index in [0.717, 1.165) is 35.8 Å². The number of benzene rings is 2. The first kappa shape index (κ1) is 14.5. The fourth-order valence-corrected chi connectivity index (χ4v) is 2.44. The Morgan fingerprint density at radius 1 is 0.913 bits per heavy atom. The number of epoxide rings is 2. The fourth-order valence-electron chi connectivity index (χ4n) is 2.44. The number of rotatable bonds is 7. The van der Waals surface area contributed by atoms with E-state index in [1.54, 1.807) is 0 Å². The quantitative estimate of drug-likeness (QED) is 0.736. The first-order valence-electron chi connectivity index (χ1n) is 8.01. The molecule has 4 heteroatoms. The molecule has 2 aliphatic heterocycles. The molecule has 2 heterocycles. The molecule has 0 aromatic heterocycles. The van der Waals surface area contributed by atoms with E-state index in [4.69, 9.17) is 18.9 Å². The van der Waals surface area contributed by atoms with Crippen LogP contribution in [0.15, 0.2) is 48.5 Å². The van der Waals surface area contributed by atoms with Crippen molar-refractivity contribution in [3.05, 3.63) is 48.5 Å². The Labute approximate surface area is 135 Å². The molecule has 4 rings (SSSR count). The summed E-state index contributed by atoms with van der Waals surface area (Å²) in [6.07, 6.45) is 0.640. The summed E-state index contributed by atoms with van der Waals surface area (Å²) in [6, 6.07) is 16.3. The molecule has 0 spiro atoms. The highest BCUT2D eigenvalue weighted by molar-refractivity contribution is 5.64. The third kappa shape index (κ3) is 3.84. The zero-order valence-corrected chi connectivity index (χ0v) is 13.1. The molecular weight excluding hydrogens is 292 g/mol. The van der Waals surface area contributed by atoms with E-state index in [0.29, 0.717) is 6.61 Å². The lowest BCUT2D eigenvalue weighted by molar-refractivity contribution is 0.176. The zero-order chi connectivity index (χ0) is 15.6. The smallest absolute Gasteiger partial charge is 0.124 e. The lowest BCUT2D eigenvalue weighted by Gasteiger charge is -2.12. The molecule has 0 amide bonds. The van der Waals surface area contributed by atoms with Crippen molar-refractivity contribution in [1.82, 2.24) is 0 Å². The Morgan fingerprint density at radius 3 is 2.00 bits per heavy atom. The summed E-state index contributed by atoms with van der Waals surface area (Å²) >= 11 is 0. The summed E-state index contributed by atoms with van der Waals surface area (Å²) in [4.78, 5) is 0.